The van der Waals surface area contributed by atoms with E-state index in [1.165, 1.54) is 0 Å². The van der Waals surface area contributed by atoms with Crippen LogP contribution in [0.25, 0.3) is 0 Å². The molecular weight excluding hydrogens is 504 g/mol. The molecule has 1 heterocycles. The first-order valence-electron chi connectivity index (χ1n) is 13.9. The highest BCUT2D eigenvalue weighted by molar-refractivity contribution is 6.10. The maximum atomic E-state index is 14.1. The Morgan fingerprint density at radius 3 is 1.75 bits per heavy atom. The van der Waals surface area contributed by atoms with Gasteiger partial charge in [0.1, 0.15) is 6.04 Å². The number of likely N-dealkylation sites (tertiary alicyclic amines) is 1. The fourth-order valence-corrected chi connectivity index (χ4v) is 7.01. The number of hydrogen-bond acceptors (Lipinski definition) is 5. The number of hydrogen-bond donors (Lipinski definition) is 1. The number of imide groups is 1. The smallest absolute Gasteiger partial charge is 0.330 e. The lowest BCUT2D eigenvalue weighted by Gasteiger charge is -2.45. The highest BCUT2D eigenvalue weighted by Crippen LogP contribution is 2.61. The molecule has 7 rings (SSSR count). The van der Waals surface area contributed by atoms with Crippen LogP contribution in [0.5, 0.6) is 0 Å². The van der Waals surface area contributed by atoms with Crippen molar-refractivity contribution < 1.29 is 23.9 Å². The van der Waals surface area contributed by atoms with Gasteiger partial charge in [-0.2, -0.15) is 0 Å². The van der Waals surface area contributed by atoms with Gasteiger partial charge in [0, 0.05) is 17.5 Å². The number of aryl methyl sites for hydroxylation is 1. The molecule has 0 radical (unpaired) electrons. The van der Waals surface area contributed by atoms with Crippen LogP contribution in [0.4, 0.5) is 5.69 Å². The first-order valence-corrected chi connectivity index (χ1v) is 13.9. The van der Waals surface area contributed by atoms with Crippen LogP contribution in [-0.4, -0.2) is 41.2 Å². The van der Waals surface area contributed by atoms with Crippen LogP contribution in [-0.2, 0) is 30.3 Å². The number of ether oxygens (including phenoxy) is 1. The van der Waals surface area contributed by atoms with E-state index >= 15 is 0 Å². The molecule has 1 aliphatic heterocycles. The van der Waals surface area contributed by atoms with E-state index in [9.17, 15) is 19.2 Å². The maximum Gasteiger partial charge on any atom is 0.330 e. The normalized spacial score (nSPS) is 22.9. The molecule has 0 unspecified atom stereocenters. The molecule has 7 nitrogen and oxygen atoms in total. The van der Waals surface area contributed by atoms with E-state index in [4.69, 9.17) is 4.74 Å². The van der Waals surface area contributed by atoms with Gasteiger partial charge in [-0.25, -0.2) is 4.79 Å². The Morgan fingerprint density at radius 2 is 1.27 bits per heavy atom. The SMILES string of the molecule is CCc1ccccc1NC(=O)COC(=O)[C@H](C(C)C)N1C(=O)[C@H]2C3c4ccccc4C(c4ccccc43)[C@@H]2C1=O. The first-order chi connectivity index (χ1) is 19.3. The molecule has 1 fully saturated rings. The molecule has 0 saturated carbocycles. The summed E-state index contributed by atoms with van der Waals surface area (Å²) in [5.41, 5.74) is 5.92. The Morgan fingerprint density at radius 1 is 0.800 bits per heavy atom. The van der Waals surface area contributed by atoms with Gasteiger partial charge in [0.15, 0.2) is 6.61 Å². The largest absolute Gasteiger partial charge is 0.454 e. The number of carbonyl (C=O) groups is 4. The van der Waals surface area contributed by atoms with Gasteiger partial charge in [-0.3, -0.25) is 19.3 Å². The number of amides is 3. The van der Waals surface area contributed by atoms with Gasteiger partial charge < -0.3 is 10.1 Å². The lowest BCUT2D eigenvalue weighted by atomic mass is 9.55. The van der Waals surface area contributed by atoms with E-state index in [1.54, 1.807) is 19.9 Å². The second-order valence-corrected chi connectivity index (χ2v) is 11.2. The molecule has 204 valence electrons. The third kappa shape index (κ3) is 3.95. The van der Waals surface area contributed by atoms with Gasteiger partial charge >= 0.3 is 5.97 Å². The zero-order valence-electron chi connectivity index (χ0n) is 22.8. The van der Waals surface area contributed by atoms with Crippen LogP contribution >= 0.6 is 0 Å². The summed E-state index contributed by atoms with van der Waals surface area (Å²) in [4.78, 5) is 55.4. The molecule has 0 aromatic heterocycles. The fraction of sp³-hybridized carbons (Fsp3) is 0.333. The number of nitrogens with zero attached hydrogens (tertiary/aromatic N) is 1. The standard InChI is InChI=1S/C33H32N2O5/c1-4-19-11-5-10-16-24(19)34-25(36)17-40-33(39)30(18(2)3)35-31(37)28-26-20-12-6-7-13-21(20)27(29(28)32(35)38)23-15-9-8-14-22(23)26/h5-16,18,26-30H,4,17H2,1-3H3,(H,34,36)/t26?,27?,28-,29-,30-/m0/s1. The van der Waals surface area contributed by atoms with Crippen molar-refractivity contribution in [2.45, 2.75) is 45.1 Å². The third-order valence-corrected chi connectivity index (χ3v) is 8.65. The summed E-state index contributed by atoms with van der Waals surface area (Å²) in [5.74, 6) is -3.97. The van der Waals surface area contributed by atoms with Crippen LogP contribution < -0.4 is 5.32 Å². The lowest BCUT2D eigenvalue weighted by Crippen LogP contribution is -2.49. The van der Waals surface area contributed by atoms with Crippen LogP contribution in [0, 0.1) is 17.8 Å². The summed E-state index contributed by atoms with van der Waals surface area (Å²) >= 11 is 0. The number of nitrogens with one attached hydrogen (secondary N) is 1. The quantitative estimate of drug-likeness (QED) is 0.351. The minimum Gasteiger partial charge on any atom is -0.454 e. The number of carbonyl (C=O) groups excluding carboxylic acids is 4. The molecule has 3 amide bonds. The molecule has 1 saturated heterocycles. The van der Waals surface area contributed by atoms with E-state index in [2.05, 4.69) is 5.32 Å². The van der Waals surface area contributed by atoms with Crippen molar-refractivity contribution in [3.63, 3.8) is 0 Å². The van der Waals surface area contributed by atoms with Gasteiger partial charge in [0.05, 0.1) is 11.8 Å². The van der Waals surface area contributed by atoms with E-state index in [0.29, 0.717) is 5.69 Å². The van der Waals surface area contributed by atoms with Crippen molar-refractivity contribution in [2.75, 3.05) is 11.9 Å². The van der Waals surface area contributed by atoms with Gasteiger partial charge in [0.2, 0.25) is 11.8 Å². The molecule has 3 aromatic rings. The molecule has 0 spiro atoms. The molecular formula is C33H32N2O5. The van der Waals surface area contributed by atoms with E-state index in [-0.39, 0.29) is 23.7 Å². The Hall–Kier alpha value is -4.26. The van der Waals surface area contributed by atoms with Crippen LogP contribution in [0.15, 0.2) is 72.8 Å². The monoisotopic (exact) mass is 536 g/mol. The summed E-state index contributed by atoms with van der Waals surface area (Å²) < 4.78 is 5.43. The maximum absolute atomic E-state index is 14.1. The molecule has 40 heavy (non-hydrogen) atoms. The fourth-order valence-electron chi connectivity index (χ4n) is 7.01. The number of para-hydroxylation sites is 1. The molecule has 1 N–H and O–H groups in total. The van der Waals surface area contributed by atoms with Crippen molar-refractivity contribution in [1.29, 1.82) is 0 Å². The molecule has 3 aromatic carbocycles. The van der Waals surface area contributed by atoms with Crippen molar-refractivity contribution in [3.8, 4) is 0 Å². The summed E-state index contributed by atoms with van der Waals surface area (Å²) in [6.07, 6.45) is 0.739. The number of anilines is 1. The zero-order valence-corrected chi connectivity index (χ0v) is 22.8. The average Bonchev–Trinajstić information content (AvgIpc) is 3.22. The van der Waals surface area contributed by atoms with Crippen LogP contribution in [0.3, 0.4) is 0 Å². The van der Waals surface area contributed by atoms with Crippen molar-refractivity contribution in [3.05, 3.63) is 101 Å². The minimum atomic E-state index is -1.12. The summed E-state index contributed by atoms with van der Waals surface area (Å²) in [5, 5.41) is 2.79. The van der Waals surface area contributed by atoms with Gasteiger partial charge in [-0.15, -0.1) is 0 Å². The van der Waals surface area contributed by atoms with Crippen molar-refractivity contribution in [1.82, 2.24) is 4.90 Å². The highest BCUT2D eigenvalue weighted by atomic mass is 16.5. The Kier molecular flexibility index (Phi) is 6.53. The Bertz CT molecular complexity index is 1410. The van der Waals surface area contributed by atoms with Crippen molar-refractivity contribution >= 4 is 29.4 Å². The van der Waals surface area contributed by atoms with Crippen LogP contribution in [0.2, 0.25) is 0 Å². The van der Waals surface area contributed by atoms with Gasteiger partial charge in [-0.05, 0) is 46.2 Å². The Labute approximate surface area is 233 Å². The summed E-state index contributed by atoms with van der Waals surface area (Å²) in [6, 6.07) is 22.4. The average molecular weight is 537 g/mol. The third-order valence-electron chi connectivity index (χ3n) is 8.65. The second kappa shape index (κ2) is 10.0. The van der Waals surface area contributed by atoms with Gasteiger partial charge in [-0.1, -0.05) is 87.5 Å². The first kappa shape index (κ1) is 26.0. The van der Waals surface area contributed by atoms with E-state index in [1.807, 2.05) is 73.7 Å². The molecule has 7 heteroatoms. The Balaban J connectivity index is 1.26. The zero-order chi connectivity index (χ0) is 28.1. The molecule has 3 atom stereocenters. The topological polar surface area (TPSA) is 92.8 Å². The van der Waals surface area contributed by atoms with Crippen LogP contribution in [0.1, 0.15) is 60.4 Å². The number of benzene rings is 3. The number of esters is 1. The van der Waals surface area contributed by atoms with E-state index < -0.39 is 42.3 Å². The minimum absolute atomic E-state index is 0.253. The second-order valence-electron chi connectivity index (χ2n) is 11.2. The molecule has 2 bridgehead atoms. The van der Waals surface area contributed by atoms with Crippen molar-refractivity contribution in [2.24, 2.45) is 17.8 Å². The number of rotatable bonds is 7. The van der Waals surface area contributed by atoms with E-state index in [0.717, 1.165) is 39.1 Å². The predicted molar refractivity (Wildman–Crippen MR) is 149 cm³/mol. The lowest BCUT2D eigenvalue weighted by molar-refractivity contribution is -0.162. The molecule has 3 aliphatic carbocycles. The summed E-state index contributed by atoms with van der Waals surface area (Å²) in [6.45, 7) is 5.04. The summed E-state index contributed by atoms with van der Waals surface area (Å²) in [7, 11) is 0. The predicted octanol–water partition coefficient (Wildman–Crippen LogP) is 4.65. The molecule has 4 aliphatic rings. The highest BCUT2D eigenvalue weighted by Gasteiger charge is 2.63. The van der Waals surface area contributed by atoms with Gasteiger partial charge in [0.25, 0.3) is 5.91 Å².